The Kier molecular flexibility index (Phi) is 7.65. The van der Waals surface area contributed by atoms with Crippen molar-refractivity contribution < 1.29 is 4.39 Å². The molecule has 0 radical (unpaired) electrons. The van der Waals surface area contributed by atoms with E-state index in [9.17, 15) is 4.39 Å². The van der Waals surface area contributed by atoms with E-state index < -0.39 is 6.04 Å². The van der Waals surface area contributed by atoms with Crippen LogP contribution < -0.4 is 17.0 Å². The van der Waals surface area contributed by atoms with Crippen molar-refractivity contribution in [2.24, 2.45) is 16.8 Å². The lowest BCUT2D eigenvalue weighted by atomic mass is 10.0. The van der Waals surface area contributed by atoms with Crippen LogP contribution in [0.5, 0.6) is 0 Å². The fourth-order valence-electron chi connectivity index (χ4n) is 2.54. The van der Waals surface area contributed by atoms with Gasteiger partial charge in [-0.1, -0.05) is 55.5 Å². The van der Waals surface area contributed by atoms with Gasteiger partial charge in [-0.25, -0.2) is 15.2 Å². The van der Waals surface area contributed by atoms with Crippen LogP contribution >= 0.6 is 0 Å². The Morgan fingerprint density at radius 3 is 2.54 bits per heavy atom. The molecule has 0 amide bonds. The summed E-state index contributed by atoms with van der Waals surface area (Å²) in [6.45, 7) is 7.03. The van der Waals surface area contributed by atoms with Crippen LogP contribution in [0.15, 0.2) is 72.1 Å². The van der Waals surface area contributed by atoms with Gasteiger partial charge in [0.1, 0.15) is 11.7 Å². The average Bonchev–Trinajstić information content (AvgIpc) is 2.70. The Bertz CT molecular complexity index is 883. The molecule has 0 aliphatic rings. The van der Waals surface area contributed by atoms with Crippen LogP contribution in [0.1, 0.15) is 30.5 Å². The molecule has 2 aromatic rings. The Labute approximate surface area is 165 Å². The molecule has 146 valence electrons. The molecule has 2 atom stereocenters. The molecule has 0 aliphatic carbocycles. The number of nitrogens with two attached hydrogens (primary N) is 2. The highest BCUT2D eigenvalue weighted by Gasteiger charge is 2.15. The maximum Gasteiger partial charge on any atom is 0.146 e. The first kappa shape index (κ1) is 21.1. The zero-order valence-electron chi connectivity index (χ0n) is 16.1. The number of amidine groups is 1. The highest BCUT2D eigenvalue weighted by atomic mass is 19.1. The fourth-order valence-corrected chi connectivity index (χ4v) is 2.54. The number of benzene rings is 1. The molecule has 28 heavy (non-hydrogen) atoms. The molecule has 0 saturated carbocycles. The minimum Gasteiger partial charge on any atom is -0.383 e. The second kappa shape index (κ2) is 10.2. The van der Waals surface area contributed by atoms with Crippen LogP contribution in [-0.4, -0.2) is 16.9 Å². The smallest absolute Gasteiger partial charge is 0.146 e. The molecular formula is C22H26FN5. The second-order valence-corrected chi connectivity index (χ2v) is 6.41. The van der Waals surface area contributed by atoms with Gasteiger partial charge in [0.2, 0.25) is 0 Å². The maximum atomic E-state index is 13.5. The molecular weight excluding hydrogens is 353 g/mol. The van der Waals surface area contributed by atoms with Gasteiger partial charge in [0, 0.05) is 6.20 Å². The standard InChI is InChI=1S/C22H26FN5/c1-4-15(2)20(12-16(3)23)27-22(28-25)19-13-18(14-26-21(19)24)11-10-17-8-6-5-7-9-17/h4-15,20H,1,25H2,2-3H3,(H2,24,26)(H,27,28)/b11-10+,16-12+. The Hall–Kier alpha value is -3.25. The van der Waals surface area contributed by atoms with Crippen molar-refractivity contribution in [3.05, 3.63) is 83.8 Å². The molecule has 5 nitrogen and oxygen atoms in total. The number of hydrazine groups is 1. The Morgan fingerprint density at radius 1 is 1.25 bits per heavy atom. The lowest BCUT2D eigenvalue weighted by Crippen LogP contribution is -2.34. The van der Waals surface area contributed by atoms with Crippen molar-refractivity contribution in [2.45, 2.75) is 19.9 Å². The van der Waals surface area contributed by atoms with Gasteiger partial charge in [-0.2, -0.15) is 0 Å². The minimum absolute atomic E-state index is 0.0932. The normalized spacial score (nSPS) is 14.7. The zero-order valence-corrected chi connectivity index (χ0v) is 16.1. The van der Waals surface area contributed by atoms with E-state index in [1.807, 2.05) is 55.5 Å². The first-order chi connectivity index (χ1) is 13.4. The van der Waals surface area contributed by atoms with Crippen LogP contribution in [0.2, 0.25) is 0 Å². The number of anilines is 1. The van der Waals surface area contributed by atoms with E-state index in [1.54, 1.807) is 12.3 Å². The third kappa shape index (κ3) is 5.89. The lowest BCUT2D eigenvalue weighted by molar-refractivity contribution is 0.584. The second-order valence-electron chi connectivity index (χ2n) is 6.41. The molecule has 0 spiro atoms. The van der Waals surface area contributed by atoms with Crippen LogP contribution in [0.25, 0.3) is 12.2 Å². The van der Waals surface area contributed by atoms with Gasteiger partial charge in [0.25, 0.3) is 0 Å². The Morgan fingerprint density at radius 2 is 1.93 bits per heavy atom. The molecule has 1 aromatic carbocycles. The van der Waals surface area contributed by atoms with E-state index in [4.69, 9.17) is 11.6 Å². The SMILES string of the molecule is C=CC(C)C(/C=C(\C)F)N=C(NN)c1cc(/C=C/c2ccccc2)cnc1N. The summed E-state index contributed by atoms with van der Waals surface area (Å²) in [5, 5.41) is 0. The zero-order chi connectivity index (χ0) is 20.5. The number of nitrogens with zero attached hydrogens (tertiary/aromatic N) is 2. The van der Waals surface area contributed by atoms with E-state index >= 15 is 0 Å². The van der Waals surface area contributed by atoms with Crippen LogP contribution in [0, 0.1) is 5.92 Å². The van der Waals surface area contributed by atoms with Gasteiger partial charge in [-0.05, 0) is 36.1 Å². The van der Waals surface area contributed by atoms with Gasteiger partial charge < -0.3 is 11.2 Å². The predicted octanol–water partition coefficient (Wildman–Crippen LogP) is 4.11. The summed E-state index contributed by atoms with van der Waals surface area (Å²) in [4.78, 5) is 8.78. The predicted molar refractivity (Wildman–Crippen MR) is 116 cm³/mol. The van der Waals surface area contributed by atoms with Crippen molar-refractivity contribution >= 4 is 23.8 Å². The van der Waals surface area contributed by atoms with Gasteiger partial charge in [0.15, 0.2) is 0 Å². The van der Waals surface area contributed by atoms with Crippen LogP contribution in [-0.2, 0) is 0 Å². The maximum absolute atomic E-state index is 13.5. The summed E-state index contributed by atoms with van der Waals surface area (Å²) in [7, 11) is 0. The highest BCUT2D eigenvalue weighted by Crippen LogP contribution is 2.18. The number of nitrogen functional groups attached to an aromatic ring is 1. The monoisotopic (exact) mass is 379 g/mol. The molecule has 5 N–H and O–H groups in total. The van der Waals surface area contributed by atoms with Crippen molar-refractivity contribution in [2.75, 3.05) is 5.73 Å². The number of aromatic nitrogens is 1. The van der Waals surface area contributed by atoms with Gasteiger partial charge in [0.05, 0.1) is 17.4 Å². The van der Waals surface area contributed by atoms with E-state index in [0.29, 0.717) is 11.4 Å². The topological polar surface area (TPSA) is 89.3 Å². The molecule has 0 saturated heterocycles. The van der Waals surface area contributed by atoms with Gasteiger partial charge >= 0.3 is 0 Å². The third-order valence-corrected chi connectivity index (χ3v) is 4.19. The molecule has 6 heteroatoms. The highest BCUT2D eigenvalue weighted by molar-refractivity contribution is 6.02. The summed E-state index contributed by atoms with van der Waals surface area (Å²) in [5.74, 6) is 5.87. The van der Waals surface area contributed by atoms with E-state index in [-0.39, 0.29) is 17.6 Å². The molecule has 0 aliphatic heterocycles. The number of aliphatic imine (C=N–C) groups is 1. The molecule has 1 heterocycles. The summed E-state index contributed by atoms with van der Waals surface area (Å²) >= 11 is 0. The van der Waals surface area contributed by atoms with E-state index in [0.717, 1.165) is 11.1 Å². The average molecular weight is 379 g/mol. The summed E-state index contributed by atoms with van der Waals surface area (Å²) in [5.41, 5.74) is 11.0. The Balaban J connectivity index is 2.41. The van der Waals surface area contributed by atoms with Crippen molar-refractivity contribution in [3.8, 4) is 0 Å². The van der Waals surface area contributed by atoms with E-state index in [1.165, 1.54) is 13.0 Å². The van der Waals surface area contributed by atoms with Crippen molar-refractivity contribution in [1.82, 2.24) is 10.4 Å². The third-order valence-electron chi connectivity index (χ3n) is 4.19. The number of halogens is 1. The number of nitrogens with one attached hydrogen (secondary N) is 1. The lowest BCUT2D eigenvalue weighted by Gasteiger charge is -2.17. The summed E-state index contributed by atoms with van der Waals surface area (Å²) in [6, 6.07) is 11.3. The number of hydrogen-bond acceptors (Lipinski definition) is 4. The molecule has 2 rings (SSSR count). The van der Waals surface area contributed by atoms with Crippen molar-refractivity contribution in [1.29, 1.82) is 0 Å². The van der Waals surface area contributed by atoms with Crippen LogP contribution in [0.4, 0.5) is 10.2 Å². The largest absolute Gasteiger partial charge is 0.383 e. The minimum atomic E-state index is -0.475. The molecule has 2 unspecified atom stereocenters. The summed E-state index contributed by atoms with van der Waals surface area (Å²) in [6.07, 6.45) is 8.70. The number of rotatable bonds is 7. The first-order valence-corrected chi connectivity index (χ1v) is 8.94. The van der Waals surface area contributed by atoms with Crippen molar-refractivity contribution in [3.63, 3.8) is 0 Å². The van der Waals surface area contributed by atoms with Gasteiger partial charge in [-0.15, -0.1) is 6.58 Å². The molecule has 0 bridgehead atoms. The molecule has 0 fully saturated rings. The number of allylic oxidation sites excluding steroid dienone is 1. The fraction of sp³-hybridized carbons (Fsp3) is 0.182. The van der Waals surface area contributed by atoms with E-state index in [2.05, 4.69) is 22.0 Å². The molecule has 1 aromatic heterocycles. The number of pyridine rings is 1. The summed E-state index contributed by atoms with van der Waals surface area (Å²) < 4.78 is 13.5. The number of hydrogen-bond donors (Lipinski definition) is 3. The quantitative estimate of drug-likeness (QED) is 0.222. The van der Waals surface area contributed by atoms with Crippen LogP contribution in [0.3, 0.4) is 0 Å². The first-order valence-electron chi connectivity index (χ1n) is 8.94. The van der Waals surface area contributed by atoms with Gasteiger partial charge in [-0.3, -0.25) is 4.99 Å².